The number of hydrogen-bond donors (Lipinski definition) is 1. The SMILES string of the molecule is CN(CC(C)(C)CN)C(=O)c1cc(Cl)ccc1[N+](=O)[O-].Cl. The lowest BCUT2D eigenvalue weighted by atomic mass is 9.93. The second-order valence-electron chi connectivity index (χ2n) is 5.45. The van der Waals surface area contributed by atoms with Crippen molar-refractivity contribution in [1.82, 2.24) is 4.90 Å². The molecule has 0 fully saturated rings. The summed E-state index contributed by atoms with van der Waals surface area (Å²) in [5, 5.41) is 11.3. The van der Waals surface area contributed by atoms with Crippen molar-refractivity contribution in [3.05, 3.63) is 38.9 Å². The van der Waals surface area contributed by atoms with E-state index in [1.54, 1.807) is 7.05 Å². The van der Waals surface area contributed by atoms with Gasteiger partial charge in [-0.15, -0.1) is 12.4 Å². The average molecular weight is 336 g/mol. The molecule has 0 atom stereocenters. The zero-order chi connectivity index (χ0) is 15.5. The fourth-order valence-corrected chi connectivity index (χ4v) is 1.99. The fraction of sp³-hybridized carbons (Fsp3) is 0.462. The van der Waals surface area contributed by atoms with Gasteiger partial charge in [-0.2, -0.15) is 0 Å². The predicted molar refractivity (Wildman–Crippen MR) is 85.2 cm³/mol. The Labute approximate surface area is 134 Å². The minimum atomic E-state index is -0.592. The number of benzene rings is 1. The fourth-order valence-electron chi connectivity index (χ4n) is 1.82. The van der Waals surface area contributed by atoms with E-state index in [9.17, 15) is 14.9 Å². The molecule has 0 aliphatic heterocycles. The second-order valence-corrected chi connectivity index (χ2v) is 5.88. The van der Waals surface area contributed by atoms with Crippen LogP contribution in [0.2, 0.25) is 5.02 Å². The number of carbonyl (C=O) groups is 1. The molecule has 118 valence electrons. The summed E-state index contributed by atoms with van der Waals surface area (Å²) >= 11 is 5.82. The highest BCUT2D eigenvalue weighted by Crippen LogP contribution is 2.25. The molecule has 0 bridgehead atoms. The third-order valence-corrected chi connectivity index (χ3v) is 3.19. The van der Waals surface area contributed by atoms with Crippen molar-refractivity contribution < 1.29 is 9.72 Å². The highest BCUT2D eigenvalue weighted by Gasteiger charge is 2.26. The van der Waals surface area contributed by atoms with Crippen molar-refractivity contribution in [2.24, 2.45) is 11.1 Å². The molecular formula is C13H19Cl2N3O3. The van der Waals surface area contributed by atoms with Crippen LogP contribution in [0.25, 0.3) is 0 Å². The van der Waals surface area contributed by atoms with Crippen LogP contribution in [0.4, 0.5) is 5.69 Å². The number of hydrogen-bond acceptors (Lipinski definition) is 4. The molecule has 0 spiro atoms. The van der Waals surface area contributed by atoms with E-state index in [1.165, 1.54) is 23.1 Å². The van der Waals surface area contributed by atoms with E-state index in [2.05, 4.69) is 0 Å². The lowest BCUT2D eigenvalue weighted by Gasteiger charge is -2.29. The highest BCUT2D eigenvalue weighted by atomic mass is 35.5. The van der Waals surface area contributed by atoms with Crippen LogP contribution in [-0.4, -0.2) is 35.9 Å². The van der Waals surface area contributed by atoms with Gasteiger partial charge in [0, 0.05) is 24.7 Å². The average Bonchev–Trinajstić information content (AvgIpc) is 2.36. The van der Waals surface area contributed by atoms with Gasteiger partial charge in [0.1, 0.15) is 5.56 Å². The van der Waals surface area contributed by atoms with E-state index in [0.717, 1.165) is 0 Å². The van der Waals surface area contributed by atoms with E-state index in [-0.39, 0.29) is 34.1 Å². The van der Waals surface area contributed by atoms with Crippen molar-refractivity contribution in [1.29, 1.82) is 0 Å². The second kappa shape index (κ2) is 7.59. The molecule has 0 radical (unpaired) electrons. The number of nitro benzene ring substituents is 1. The van der Waals surface area contributed by atoms with Gasteiger partial charge in [0.25, 0.3) is 11.6 Å². The van der Waals surface area contributed by atoms with Gasteiger partial charge >= 0.3 is 0 Å². The van der Waals surface area contributed by atoms with Gasteiger partial charge in [0.05, 0.1) is 4.92 Å². The molecule has 0 aliphatic rings. The molecule has 1 aromatic rings. The van der Waals surface area contributed by atoms with E-state index in [1.807, 2.05) is 13.8 Å². The molecule has 6 nitrogen and oxygen atoms in total. The van der Waals surface area contributed by atoms with Gasteiger partial charge in [-0.25, -0.2) is 0 Å². The van der Waals surface area contributed by atoms with E-state index < -0.39 is 10.8 Å². The molecule has 0 saturated carbocycles. The normalized spacial score (nSPS) is 10.7. The van der Waals surface area contributed by atoms with E-state index >= 15 is 0 Å². The van der Waals surface area contributed by atoms with Crippen LogP contribution in [0.5, 0.6) is 0 Å². The minimum Gasteiger partial charge on any atom is -0.341 e. The number of nitrogens with two attached hydrogens (primary N) is 1. The first-order valence-corrected chi connectivity index (χ1v) is 6.45. The summed E-state index contributed by atoms with van der Waals surface area (Å²) in [6.07, 6.45) is 0. The Kier molecular flexibility index (Phi) is 7.09. The summed E-state index contributed by atoms with van der Waals surface area (Å²) in [6.45, 7) is 4.64. The molecule has 1 rings (SSSR count). The standard InChI is InChI=1S/C13H18ClN3O3.ClH/c1-13(2,7-15)8-16(3)12(18)10-6-9(14)4-5-11(10)17(19)20;/h4-6H,7-8,15H2,1-3H3;1H. The Morgan fingerprint density at radius 2 is 2.05 bits per heavy atom. The first-order chi connectivity index (χ1) is 9.18. The summed E-state index contributed by atoms with van der Waals surface area (Å²) in [5.74, 6) is -0.444. The van der Waals surface area contributed by atoms with Gasteiger partial charge < -0.3 is 10.6 Å². The van der Waals surface area contributed by atoms with Crippen LogP contribution in [0, 0.1) is 15.5 Å². The third kappa shape index (κ3) is 5.15. The smallest absolute Gasteiger partial charge is 0.282 e. The molecule has 0 heterocycles. The minimum absolute atomic E-state index is 0. The lowest BCUT2D eigenvalue weighted by molar-refractivity contribution is -0.385. The lowest BCUT2D eigenvalue weighted by Crippen LogP contribution is -2.39. The molecule has 0 unspecified atom stereocenters. The van der Waals surface area contributed by atoms with Crippen LogP contribution >= 0.6 is 24.0 Å². The molecule has 0 aliphatic carbocycles. The zero-order valence-corrected chi connectivity index (χ0v) is 13.7. The molecule has 0 aromatic heterocycles. The van der Waals surface area contributed by atoms with Gasteiger partial charge in [0.15, 0.2) is 0 Å². The predicted octanol–water partition coefficient (Wildman–Crippen LogP) is 2.73. The van der Waals surface area contributed by atoms with E-state index in [0.29, 0.717) is 13.1 Å². The molecule has 8 heteroatoms. The Hall–Kier alpha value is -1.37. The summed E-state index contributed by atoms with van der Waals surface area (Å²) < 4.78 is 0. The van der Waals surface area contributed by atoms with Crippen molar-refractivity contribution in [2.45, 2.75) is 13.8 Å². The Morgan fingerprint density at radius 1 is 1.48 bits per heavy atom. The van der Waals surface area contributed by atoms with Crippen molar-refractivity contribution in [2.75, 3.05) is 20.1 Å². The number of nitrogens with zero attached hydrogens (tertiary/aromatic N) is 2. The van der Waals surface area contributed by atoms with Crippen molar-refractivity contribution >= 4 is 35.6 Å². The Balaban J connectivity index is 0.00000400. The maximum atomic E-state index is 12.3. The molecule has 1 amide bonds. The number of amides is 1. The van der Waals surface area contributed by atoms with Crippen molar-refractivity contribution in [3.8, 4) is 0 Å². The molecular weight excluding hydrogens is 317 g/mol. The van der Waals surface area contributed by atoms with Crippen LogP contribution in [-0.2, 0) is 0 Å². The number of carbonyl (C=O) groups excluding carboxylic acids is 1. The van der Waals surface area contributed by atoms with Crippen LogP contribution in [0.3, 0.4) is 0 Å². The maximum absolute atomic E-state index is 12.3. The molecule has 21 heavy (non-hydrogen) atoms. The Bertz CT molecular complexity index is 535. The molecule has 0 saturated heterocycles. The van der Waals surface area contributed by atoms with Gasteiger partial charge in [-0.1, -0.05) is 25.4 Å². The zero-order valence-electron chi connectivity index (χ0n) is 12.1. The number of rotatable bonds is 5. The quantitative estimate of drug-likeness (QED) is 0.661. The summed E-state index contributed by atoms with van der Waals surface area (Å²) in [4.78, 5) is 24.1. The summed E-state index contributed by atoms with van der Waals surface area (Å²) in [7, 11) is 1.59. The summed E-state index contributed by atoms with van der Waals surface area (Å²) in [6, 6.07) is 3.94. The molecule has 2 N–H and O–H groups in total. The number of nitro groups is 1. The third-order valence-electron chi connectivity index (χ3n) is 2.95. The monoisotopic (exact) mass is 335 g/mol. The largest absolute Gasteiger partial charge is 0.341 e. The van der Waals surface area contributed by atoms with Crippen LogP contribution in [0.1, 0.15) is 24.2 Å². The van der Waals surface area contributed by atoms with E-state index in [4.69, 9.17) is 17.3 Å². The molecule has 1 aromatic carbocycles. The first kappa shape index (κ1) is 19.6. The van der Waals surface area contributed by atoms with Crippen molar-refractivity contribution in [3.63, 3.8) is 0 Å². The van der Waals surface area contributed by atoms with Crippen LogP contribution < -0.4 is 5.73 Å². The highest BCUT2D eigenvalue weighted by molar-refractivity contribution is 6.31. The van der Waals surface area contributed by atoms with Gasteiger partial charge in [-0.05, 0) is 24.1 Å². The first-order valence-electron chi connectivity index (χ1n) is 6.07. The number of halogens is 2. The topological polar surface area (TPSA) is 89.5 Å². The maximum Gasteiger partial charge on any atom is 0.282 e. The Morgan fingerprint density at radius 3 is 2.52 bits per heavy atom. The van der Waals surface area contributed by atoms with Gasteiger partial charge in [0.2, 0.25) is 0 Å². The van der Waals surface area contributed by atoms with Crippen LogP contribution in [0.15, 0.2) is 18.2 Å². The van der Waals surface area contributed by atoms with Gasteiger partial charge in [-0.3, -0.25) is 14.9 Å². The summed E-state index contributed by atoms with van der Waals surface area (Å²) in [5.41, 5.74) is 5.09.